The van der Waals surface area contributed by atoms with Gasteiger partial charge in [0.1, 0.15) is 48.8 Å². The number of aliphatic hydroxyl groups excluding tert-OH is 8. The first-order chi connectivity index (χ1) is 42.1. The summed E-state index contributed by atoms with van der Waals surface area (Å²) in [6.07, 6.45) is 55.4. The van der Waals surface area contributed by atoms with Crippen molar-refractivity contribution in [1.82, 2.24) is 5.32 Å². The van der Waals surface area contributed by atoms with Crippen LogP contribution in [0.1, 0.15) is 335 Å². The summed E-state index contributed by atoms with van der Waals surface area (Å²) in [5.74, 6) is -0.241. The Hall–Kier alpha value is -1.53. The molecular formula is C72H137NO13. The van der Waals surface area contributed by atoms with Gasteiger partial charge in [0.25, 0.3) is 0 Å². The van der Waals surface area contributed by atoms with Crippen LogP contribution in [0.5, 0.6) is 0 Å². The molecule has 2 fully saturated rings. The first-order valence-electron chi connectivity index (χ1n) is 36.6. The van der Waals surface area contributed by atoms with E-state index in [1.54, 1.807) is 6.08 Å². The Balaban J connectivity index is 1.64. The molecule has 508 valence electrons. The van der Waals surface area contributed by atoms with Crippen molar-refractivity contribution in [3.63, 3.8) is 0 Å². The third-order valence-corrected chi connectivity index (χ3v) is 18.1. The molecule has 2 aliphatic rings. The smallest absolute Gasteiger partial charge is 0.220 e. The highest BCUT2D eigenvalue weighted by Gasteiger charge is 2.51. The van der Waals surface area contributed by atoms with Crippen molar-refractivity contribution in [3.05, 3.63) is 24.3 Å². The van der Waals surface area contributed by atoms with E-state index in [4.69, 9.17) is 18.9 Å². The van der Waals surface area contributed by atoms with Crippen LogP contribution < -0.4 is 5.32 Å². The van der Waals surface area contributed by atoms with Gasteiger partial charge in [-0.05, 0) is 32.1 Å². The number of hydrogen-bond acceptors (Lipinski definition) is 13. The SMILES string of the molecule is CCCCCCCCCCCCCCCC/C=C/CC/C=C/C(O)C(COC1OC(CO)C(OC2OC(CO)C(O)C(O)C2O)C(O)C1O)NC(=O)CCCCCCCCCCCCCCCCCCCCCCCCCCCCCCCCCC. The first kappa shape index (κ1) is 80.6. The summed E-state index contributed by atoms with van der Waals surface area (Å²) in [5, 5.41) is 87.4. The standard InChI is InChI=1S/C72H137NO13/c1-3-5-7-9-11-13-15-17-19-21-23-25-26-27-28-29-30-31-32-33-34-35-36-38-40-42-44-46-48-50-52-54-56-64(77)73-60(61(76)55-53-51-49-47-45-43-41-39-37-24-22-20-18-16-14-12-10-8-6-4-2)59-83-71-69(82)67(80)70(63(58-75)85-71)86-72-68(81)66(79)65(78)62(57-74)84-72/h45,47,53,55,60-63,65-72,74-76,78-82H,3-44,46,48-52,54,56-59H2,1-2H3,(H,73,77)/b47-45+,55-53+. The molecule has 0 bridgehead atoms. The highest BCUT2D eigenvalue weighted by Crippen LogP contribution is 2.30. The van der Waals surface area contributed by atoms with Gasteiger partial charge in [-0.3, -0.25) is 4.79 Å². The molecule has 2 rings (SSSR count). The van der Waals surface area contributed by atoms with Crippen LogP contribution in [0.25, 0.3) is 0 Å². The van der Waals surface area contributed by atoms with Crippen LogP contribution in [0.2, 0.25) is 0 Å². The van der Waals surface area contributed by atoms with Crippen molar-refractivity contribution >= 4 is 5.91 Å². The van der Waals surface area contributed by atoms with Crippen LogP contribution in [0.15, 0.2) is 24.3 Å². The van der Waals surface area contributed by atoms with Gasteiger partial charge in [0.15, 0.2) is 12.6 Å². The third-order valence-electron chi connectivity index (χ3n) is 18.1. The summed E-state index contributed by atoms with van der Waals surface area (Å²) >= 11 is 0. The van der Waals surface area contributed by atoms with Gasteiger partial charge in [-0.15, -0.1) is 0 Å². The van der Waals surface area contributed by atoms with Crippen molar-refractivity contribution in [1.29, 1.82) is 0 Å². The molecule has 2 saturated heterocycles. The minimum atomic E-state index is -1.79. The number of hydrogen-bond donors (Lipinski definition) is 9. The maximum absolute atomic E-state index is 13.3. The number of nitrogens with one attached hydrogen (secondary N) is 1. The lowest BCUT2D eigenvalue weighted by Gasteiger charge is -2.46. The van der Waals surface area contributed by atoms with Crippen LogP contribution in [0.3, 0.4) is 0 Å². The van der Waals surface area contributed by atoms with Gasteiger partial charge < -0.3 is 65.1 Å². The minimum Gasteiger partial charge on any atom is -0.394 e. The van der Waals surface area contributed by atoms with Crippen molar-refractivity contribution in [2.75, 3.05) is 19.8 Å². The Morgan fingerprint density at radius 2 is 0.744 bits per heavy atom. The molecule has 9 N–H and O–H groups in total. The second-order valence-corrected chi connectivity index (χ2v) is 26.1. The monoisotopic (exact) mass is 1220 g/mol. The van der Waals surface area contributed by atoms with Crippen molar-refractivity contribution in [3.8, 4) is 0 Å². The normalized spacial score (nSPS) is 23.5. The lowest BCUT2D eigenvalue weighted by atomic mass is 9.97. The topological polar surface area (TPSA) is 228 Å². The van der Waals surface area contributed by atoms with E-state index in [1.165, 1.54) is 270 Å². The molecule has 1 amide bonds. The highest BCUT2D eigenvalue weighted by atomic mass is 16.7. The summed E-state index contributed by atoms with van der Waals surface area (Å²) in [5.41, 5.74) is 0. The zero-order chi connectivity index (χ0) is 62.3. The van der Waals surface area contributed by atoms with Crippen LogP contribution in [-0.4, -0.2) is 140 Å². The highest BCUT2D eigenvalue weighted by molar-refractivity contribution is 5.76. The van der Waals surface area contributed by atoms with Gasteiger partial charge in [0.2, 0.25) is 5.91 Å². The number of aliphatic hydroxyl groups is 8. The van der Waals surface area contributed by atoms with E-state index < -0.39 is 86.8 Å². The summed E-state index contributed by atoms with van der Waals surface area (Å²) in [6, 6.07) is -0.929. The predicted molar refractivity (Wildman–Crippen MR) is 351 cm³/mol. The average Bonchev–Trinajstić information content (AvgIpc) is 2.46. The van der Waals surface area contributed by atoms with Crippen molar-refractivity contribution in [2.45, 2.75) is 408 Å². The fourth-order valence-corrected chi connectivity index (χ4v) is 12.3. The number of carbonyl (C=O) groups excluding carboxylic acids is 1. The van der Waals surface area contributed by atoms with E-state index >= 15 is 0 Å². The van der Waals surface area contributed by atoms with Crippen LogP contribution in [0.4, 0.5) is 0 Å². The number of unbranched alkanes of at least 4 members (excludes halogenated alkanes) is 46. The summed E-state index contributed by atoms with van der Waals surface area (Å²) in [7, 11) is 0. The van der Waals surface area contributed by atoms with Crippen LogP contribution >= 0.6 is 0 Å². The van der Waals surface area contributed by atoms with E-state index in [0.29, 0.717) is 12.8 Å². The van der Waals surface area contributed by atoms with Gasteiger partial charge in [-0.2, -0.15) is 0 Å². The molecule has 0 spiro atoms. The van der Waals surface area contributed by atoms with Crippen molar-refractivity contribution < 1.29 is 64.6 Å². The van der Waals surface area contributed by atoms with E-state index in [9.17, 15) is 45.6 Å². The molecule has 0 saturated carbocycles. The fourth-order valence-electron chi connectivity index (χ4n) is 12.3. The Morgan fingerprint density at radius 1 is 0.407 bits per heavy atom. The molecule has 12 atom stereocenters. The zero-order valence-electron chi connectivity index (χ0n) is 55.3. The molecule has 2 heterocycles. The van der Waals surface area contributed by atoms with E-state index in [1.807, 2.05) is 6.08 Å². The third kappa shape index (κ3) is 41.1. The number of allylic oxidation sites excluding steroid dienone is 3. The van der Waals surface area contributed by atoms with Crippen molar-refractivity contribution in [2.24, 2.45) is 0 Å². The van der Waals surface area contributed by atoms with Gasteiger partial charge >= 0.3 is 0 Å². The molecule has 2 aliphatic heterocycles. The maximum Gasteiger partial charge on any atom is 0.220 e. The number of rotatable bonds is 61. The van der Waals surface area contributed by atoms with Crippen LogP contribution in [-0.2, 0) is 23.7 Å². The molecule has 0 radical (unpaired) electrons. The molecular weight excluding hydrogens is 1090 g/mol. The Morgan fingerprint density at radius 3 is 1.14 bits per heavy atom. The minimum absolute atomic E-state index is 0.241. The molecule has 14 heteroatoms. The Bertz CT molecular complexity index is 1540. The molecule has 12 unspecified atom stereocenters. The van der Waals surface area contributed by atoms with E-state index in [-0.39, 0.29) is 18.9 Å². The average molecular weight is 1220 g/mol. The largest absolute Gasteiger partial charge is 0.394 e. The van der Waals surface area contributed by atoms with E-state index in [2.05, 4.69) is 31.3 Å². The van der Waals surface area contributed by atoms with Gasteiger partial charge in [-0.25, -0.2) is 0 Å². The lowest BCUT2D eigenvalue weighted by Crippen LogP contribution is -2.65. The molecule has 86 heavy (non-hydrogen) atoms. The van der Waals surface area contributed by atoms with E-state index in [0.717, 1.165) is 32.1 Å². The molecule has 0 aromatic heterocycles. The Kier molecular flexibility index (Phi) is 53.7. The number of ether oxygens (including phenoxy) is 4. The second-order valence-electron chi connectivity index (χ2n) is 26.1. The predicted octanol–water partition coefficient (Wildman–Crippen LogP) is 15.1. The van der Waals surface area contributed by atoms with Gasteiger partial charge in [-0.1, -0.05) is 321 Å². The summed E-state index contributed by atoms with van der Waals surface area (Å²) in [6.45, 7) is 2.84. The number of amides is 1. The second kappa shape index (κ2) is 57.4. The molecule has 0 aliphatic carbocycles. The van der Waals surface area contributed by atoms with Gasteiger partial charge in [0.05, 0.1) is 32.0 Å². The Labute approximate surface area is 526 Å². The van der Waals surface area contributed by atoms with Gasteiger partial charge in [0, 0.05) is 6.42 Å². The number of carbonyl (C=O) groups is 1. The molecule has 0 aromatic carbocycles. The van der Waals surface area contributed by atoms with Crippen LogP contribution in [0, 0.1) is 0 Å². The lowest BCUT2D eigenvalue weighted by molar-refractivity contribution is -0.359. The first-order valence-corrected chi connectivity index (χ1v) is 36.6. The summed E-state index contributed by atoms with van der Waals surface area (Å²) in [4.78, 5) is 13.3. The fraction of sp³-hybridized carbons (Fsp3) is 0.931. The zero-order valence-corrected chi connectivity index (χ0v) is 55.3. The maximum atomic E-state index is 13.3. The quantitative estimate of drug-likeness (QED) is 0.0204. The molecule has 0 aromatic rings. The molecule has 14 nitrogen and oxygen atoms in total. The summed E-state index contributed by atoms with van der Waals surface area (Å²) < 4.78 is 22.8.